The molecular formula is C18H25N3O3. The number of hydrogen-bond acceptors (Lipinski definition) is 4. The van der Waals surface area contributed by atoms with Crippen molar-refractivity contribution in [3.05, 3.63) is 29.8 Å². The van der Waals surface area contributed by atoms with Gasteiger partial charge in [0.05, 0.1) is 11.6 Å². The van der Waals surface area contributed by atoms with Crippen molar-refractivity contribution in [3.63, 3.8) is 0 Å². The second kappa shape index (κ2) is 6.91. The molecule has 24 heavy (non-hydrogen) atoms. The molecule has 3 N–H and O–H groups in total. The summed E-state index contributed by atoms with van der Waals surface area (Å²) in [6.07, 6.45) is 2.57. The molecular weight excluding hydrogens is 306 g/mol. The van der Waals surface area contributed by atoms with Gasteiger partial charge in [-0.3, -0.25) is 9.59 Å². The van der Waals surface area contributed by atoms with E-state index in [0.717, 1.165) is 24.2 Å². The number of hydrogen-bond donors (Lipinski definition) is 2. The summed E-state index contributed by atoms with van der Waals surface area (Å²) >= 11 is 0. The monoisotopic (exact) mass is 331 g/mol. The van der Waals surface area contributed by atoms with Crippen LogP contribution in [0, 0.1) is 0 Å². The lowest BCUT2D eigenvalue weighted by molar-refractivity contribution is -0.130. The van der Waals surface area contributed by atoms with E-state index in [1.54, 1.807) is 4.90 Å². The molecule has 3 rings (SSSR count). The van der Waals surface area contributed by atoms with Crippen LogP contribution in [-0.2, 0) is 14.3 Å². The molecule has 0 aromatic heterocycles. The van der Waals surface area contributed by atoms with Gasteiger partial charge in [0.25, 0.3) is 0 Å². The molecule has 2 aliphatic heterocycles. The summed E-state index contributed by atoms with van der Waals surface area (Å²) in [6, 6.07) is 7.62. The molecule has 0 aliphatic carbocycles. The summed E-state index contributed by atoms with van der Waals surface area (Å²) < 4.78 is 5.29. The summed E-state index contributed by atoms with van der Waals surface area (Å²) in [5.74, 6) is 0.0212. The van der Waals surface area contributed by atoms with Gasteiger partial charge in [0.1, 0.15) is 0 Å². The van der Waals surface area contributed by atoms with Crippen molar-refractivity contribution < 1.29 is 14.3 Å². The third-order valence-corrected chi connectivity index (χ3v) is 4.94. The van der Waals surface area contributed by atoms with Crippen molar-refractivity contribution in [3.8, 4) is 0 Å². The van der Waals surface area contributed by atoms with Crippen molar-refractivity contribution in [1.82, 2.24) is 5.32 Å². The fourth-order valence-electron chi connectivity index (χ4n) is 3.27. The second-order valence-corrected chi connectivity index (χ2v) is 6.71. The maximum Gasteiger partial charge on any atom is 0.240 e. The zero-order valence-electron chi connectivity index (χ0n) is 14.1. The van der Waals surface area contributed by atoms with Crippen LogP contribution in [0.15, 0.2) is 24.3 Å². The lowest BCUT2D eigenvalue weighted by Gasteiger charge is -2.33. The van der Waals surface area contributed by atoms with Gasteiger partial charge in [0.2, 0.25) is 11.8 Å². The molecule has 130 valence electrons. The van der Waals surface area contributed by atoms with Gasteiger partial charge in [-0.15, -0.1) is 0 Å². The molecule has 0 saturated carbocycles. The SMILES string of the molecule is CC(NC(=O)C1(N)CCOCC1)c1cccc(N2CCCC2=O)c1. The third kappa shape index (κ3) is 3.44. The van der Waals surface area contributed by atoms with E-state index in [1.807, 2.05) is 31.2 Å². The van der Waals surface area contributed by atoms with Gasteiger partial charge in [-0.2, -0.15) is 0 Å². The summed E-state index contributed by atoms with van der Waals surface area (Å²) in [5, 5.41) is 3.01. The number of anilines is 1. The van der Waals surface area contributed by atoms with Crippen LogP contribution in [0.1, 0.15) is 44.2 Å². The first kappa shape index (κ1) is 16.9. The topological polar surface area (TPSA) is 84.7 Å². The highest BCUT2D eigenvalue weighted by atomic mass is 16.5. The smallest absolute Gasteiger partial charge is 0.240 e. The average molecular weight is 331 g/mol. The van der Waals surface area contributed by atoms with Gasteiger partial charge in [-0.05, 0) is 43.9 Å². The Balaban J connectivity index is 1.69. The molecule has 2 amide bonds. The molecule has 6 heteroatoms. The van der Waals surface area contributed by atoms with Crippen LogP contribution in [-0.4, -0.2) is 37.1 Å². The number of carbonyl (C=O) groups excluding carboxylic acids is 2. The van der Waals surface area contributed by atoms with Crippen LogP contribution >= 0.6 is 0 Å². The van der Waals surface area contributed by atoms with Crippen molar-refractivity contribution in [2.24, 2.45) is 5.73 Å². The van der Waals surface area contributed by atoms with E-state index in [1.165, 1.54) is 0 Å². The molecule has 2 fully saturated rings. The van der Waals surface area contributed by atoms with Crippen molar-refractivity contribution in [1.29, 1.82) is 0 Å². The van der Waals surface area contributed by atoms with Crippen LogP contribution in [0.25, 0.3) is 0 Å². The Kier molecular flexibility index (Phi) is 4.87. The Morgan fingerprint density at radius 3 is 2.79 bits per heavy atom. The molecule has 2 saturated heterocycles. The zero-order valence-corrected chi connectivity index (χ0v) is 14.1. The van der Waals surface area contributed by atoms with Crippen molar-refractivity contribution in [2.75, 3.05) is 24.7 Å². The molecule has 2 heterocycles. The van der Waals surface area contributed by atoms with Crippen LogP contribution in [0.5, 0.6) is 0 Å². The predicted octanol–water partition coefficient (Wildman–Crippen LogP) is 1.50. The number of ether oxygens (including phenoxy) is 1. The quantitative estimate of drug-likeness (QED) is 0.875. The number of nitrogens with zero attached hydrogens (tertiary/aromatic N) is 1. The Bertz CT molecular complexity index is 626. The van der Waals surface area contributed by atoms with E-state index in [2.05, 4.69) is 5.32 Å². The van der Waals surface area contributed by atoms with Gasteiger partial charge in [0.15, 0.2) is 0 Å². The largest absolute Gasteiger partial charge is 0.381 e. The molecule has 0 bridgehead atoms. The number of nitrogens with two attached hydrogens (primary N) is 1. The van der Waals surface area contributed by atoms with Gasteiger partial charge >= 0.3 is 0 Å². The van der Waals surface area contributed by atoms with Gasteiger partial charge in [0, 0.05) is 31.9 Å². The van der Waals surface area contributed by atoms with Gasteiger partial charge < -0.3 is 20.7 Å². The van der Waals surface area contributed by atoms with E-state index < -0.39 is 5.54 Å². The standard InChI is InChI=1S/C18H25N3O3/c1-13(20-17(23)18(19)7-10-24-11-8-18)14-4-2-5-15(12-14)21-9-3-6-16(21)22/h2,4-5,12-13H,3,6-11,19H2,1H3,(H,20,23). The van der Waals surface area contributed by atoms with Crippen LogP contribution in [0.4, 0.5) is 5.69 Å². The van der Waals surface area contributed by atoms with Crippen LogP contribution < -0.4 is 16.0 Å². The molecule has 0 radical (unpaired) electrons. The maximum absolute atomic E-state index is 12.5. The lowest BCUT2D eigenvalue weighted by Crippen LogP contribution is -2.57. The molecule has 1 aromatic carbocycles. The van der Waals surface area contributed by atoms with E-state index >= 15 is 0 Å². The second-order valence-electron chi connectivity index (χ2n) is 6.71. The Labute approximate surface area is 142 Å². The number of rotatable bonds is 4. The first-order valence-electron chi connectivity index (χ1n) is 8.57. The zero-order chi connectivity index (χ0) is 17.2. The first-order chi connectivity index (χ1) is 11.5. The summed E-state index contributed by atoms with van der Waals surface area (Å²) in [4.78, 5) is 26.3. The summed E-state index contributed by atoms with van der Waals surface area (Å²) in [6.45, 7) is 3.73. The normalized spacial score (nSPS) is 21.6. The minimum atomic E-state index is -0.852. The van der Waals surface area contributed by atoms with Gasteiger partial charge in [-0.25, -0.2) is 0 Å². The Morgan fingerprint density at radius 1 is 1.38 bits per heavy atom. The highest BCUT2D eigenvalue weighted by molar-refractivity contribution is 5.95. The van der Waals surface area contributed by atoms with Crippen molar-refractivity contribution >= 4 is 17.5 Å². The maximum atomic E-state index is 12.5. The average Bonchev–Trinajstić information content (AvgIpc) is 3.01. The summed E-state index contributed by atoms with van der Waals surface area (Å²) in [7, 11) is 0. The van der Waals surface area contributed by atoms with E-state index in [4.69, 9.17) is 10.5 Å². The van der Waals surface area contributed by atoms with Crippen LogP contribution in [0.2, 0.25) is 0 Å². The molecule has 1 atom stereocenters. The fraction of sp³-hybridized carbons (Fsp3) is 0.556. The minimum absolute atomic E-state index is 0.138. The molecule has 1 aromatic rings. The number of nitrogens with one attached hydrogen (secondary N) is 1. The Hall–Kier alpha value is -1.92. The number of amides is 2. The van der Waals surface area contributed by atoms with Crippen LogP contribution in [0.3, 0.4) is 0 Å². The summed E-state index contributed by atoms with van der Waals surface area (Å²) in [5.41, 5.74) is 7.24. The highest BCUT2D eigenvalue weighted by Gasteiger charge is 2.36. The number of carbonyl (C=O) groups is 2. The highest BCUT2D eigenvalue weighted by Crippen LogP contribution is 2.25. The van der Waals surface area contributed by atoms with E-state index in [9.17, 15) is 9.59 Å². The minimum Gasteiger partial charge on any atom is -0.381 e. The first-order valence-corrected chi connectivity index (χ1v) is 8.57. The number of benzene rings is 1. The molecule has 6 nitrogen and oxygen atoms in total. The van der Waals surface area contributed by atoms with Crippen molar-refractivity contribution in [2.45, 2.75) is 44.2 Å². The molecule has 1 unspecified atom stereocenters. The van der Waals surface area contributed by atoms with Gasteiger partial charge in [-0.1, -0.05) is 12.1 Å². The predicted molar refractivity (Wildman–Crippen MR) is 91.6 cm³/mol. The fourth-order valence-corrected chi connectivity index (χ4v) is 3.27. The van der Waals surface area contributed by atoms with E-state index in [0.29, 0.717) is 32.5 Å². The Morgan fingerprint density at radius 2 is 2.12 bits per heavy atom. The molecule has 0 spiro atoms. The molecule has 2 aliphatic rings. The lowest BCUT2D eigenvalue weighted by atomic mass is 9.90. The van der Waals surface area contributed by atoms with E-state index in [-0.39, 0.29) is 17.9 Å². The third-order valence-electron chi connectivity index (χ3n) is 4.94.